The minimum Gasteiger partial charge on any atom is -0.457 e. The molecule has 12 nitrogen and oxygen atoms in total. The third-order valence-corrected chi connectivity index (χ3v) is 6.74. The van der Waals surface area contributed by atoms with Gasteiger partial charge in [-0.2, -0.15) is 5.10 Å². The summed E-state index contributed by atoms with van der Waals surface area (Å²) in [5.41, 5.74) is 7.02. The van der Waals surface area contributed by atoms with Crippen LogP contribution in [0.15, 0.2) is 55.2 Å². The number of aryl methyl sites for hydroxylation is 1. The summed E-state index contributed by atoms with van der Waals surface area (Å²) in [6.45, 7) is 1.16. The van der Waals surface area contributed by atoms with E-state index in [0.29, 0.717) is 24.2 Å². The largest absolute Gasteiger partial charge is 0.457 e. The van der Waals surface area contributed by atoms with Gasteiger partial charge in [-0.3, -0.25) is 0 Å². The molecule has 0 aliphatic carbocycles. The quantitative estimate of drug-likeness (QED) is 0.250. The van der Waals surface area contributed by atoms with Crippen molar-refractivity contribution in [1.29, 1.82) is 0 Å². The lowest BCUT2D eigenvalue weighted by Crippen LogP contribution is -2.34. The van der Waals surface area contributed by atoms with Crippen molar-refractivity contribution in [1.82, 2.24) is 29.3 Å². The van der Waals surface area contributed by atoms with Crippen molar-refractivity contribution in [2.75, 3.05) is 18.9 Å². The second-order valence-corrected chi connectivity index (χ2v) is 9.56. The maximum absolute atomic E-state index is 15.5. The van der Waals surface area contributed by atoms with Gasteiger partial charge in [-0.05, 0) is 25.0 Å². The predicted molar refractivity (Wildman–Crippen MR) is 141 cm³/mol. The topological polar surface area (TPSA) is 156 Å². The Labute approximate surface area is 231 Å². The normalized spacial score (nSPS) is 14.5. The summed E-state index contributed by atoms with van der Waals surface area (Å²) in [4.78, 5) is 12.2. The monoisotopic (exact) mass is 565 g/mol. The van der Waals surface area contributed by atoms with E-state index in [4.69, 9.17) is 19.9 Å². The van der Waals surface area contributed by atoms with Gasteiger partial charge in [0.15, 0.2) is 5.65 Å². The van der Waals surface area contributed by atoms with Crippen LogP contribution < -0.4 is 15.2 Å². The third kappa shape index (κ3) is 5.15. The van der Waals surface area contributed by atoms with E-state index in [0.717, 1.165) is 31.0 Å². The second-order valence-electron chi connectivity index (χ2n) is 9.56. The minimum atomic E-state index is -2.80. The second kappa shape index (κ2) is 10.4. The summed E-state index contributed by atoms with van der Waals surface area (Å²) >= 11 is 0. The molecule has 41 heavy (non-hydrogen) atoms. The molecule has 4 heterocycles. The van der Waals surface area contributed by atoms with Gasteiger partial charge in [0.2, 0.25) is 0 Å². The highest BCUT2D eigenvalue weighted by Gasteiger charge is 2.32. The number of aliphatic hydroxyl groups is 2. The number of nitrogen functional groups attached to an aromatic ring is 1. The molecule has 0 radical (unpaired) electrons. The van der Waals surface area contributed by atoms with E-state index < -0.39 is 17.6 Å². The molecule has 1 aliphatic rings. The molecule has 0 unspecified atom stereocenters. The molecule has 3 aromatic heterocycles. The highest BCUT2D eigenvalue weighted by atomic mass is 19.1. The number of rotatable bonds is 7. The van der Waals surface area contributed by atoms with E-state index in [1.165, 1.54) is 48.7 Å². The van der Waals surface area contributed by atoms with E-state index >= 15 is 4.39 Å². The number of anilines is 1. The molecule has 5 aromatic rings. The van der Waals surface area contributed by atoms with Gasteiger partial charge in [-0.1, -0.05) is 0 Å². The molecule has 212 valence electrons. The Kier molecular flexibility index (Phi) is 6.73. The standard InChI is InChI=1S/C27H25F2N7O5/c1-35-14-31-12-22(35)27(37,38)41-19-9-15(28)8-18(10-19)40-17-2-3-20(21(29)11-17)24-23-25(30)32-13-33-26(23)36(34-24)16-4-6-39-7-5-16/h2-3,8-14,16,37-38H,4-7H2,1H3,(H2,30,32,33). The molecule has 1 aliphatic heterocycles. The number of imidazole rings is 1. The fraction of sp³-hybridized carbons (Fsp3) is 0.259. The highest BCUT2D eigenvalue weighted by molar-refractivity contribution is 5.98. The SMILES string of the molecule is Cn1cncc1C(O)(O)Oc1cc(F)cc(Oc2ccc(-c3nn(C4CCOCC4)c4ncnc(N)c34)c(F)c2)c1. The number of aromatic nitrogens is 6. The van der Waals surface area contributed by atoms with Gasteiger partial charge >= 0.3 is 5.97 Å². The van der Waals surface area contributed by atoms with Gasteiger partial charge in [-0.25, -0.2) is 28.4 Å². The average Bonchev–Trinajstić information content (AvgIpc) is 3.54. The van der Waals surface area contributed by atoms with Gasteiger partial charge in [-0.15, -0.1) is 0 Å². The van der Waals surface area contributed by atoms with Crippen molar-refractivity contribution in [3.05, 3.63) is 72.6 Å². The number of hydrogen-bond acceptors (Lipinski definition) is 10. The number of fused-ring (bicyclic) bond motifs is 1. The molecule has 2 aromatic carbocycles. The molecular formula is C27H25F2N7O5. The summed E-state index contributed by atoms with van der Waals surface area (Å²) in [6, 6.07) is 7.31. The summed E-state index contributed by atoms with van der Waals surface area (Å²) in [6.07, 6.45) is 5.33. The summed E-state index contributed by atoms with van der Waals surface area (Å²) in [5.74, 6) is -4.35. The first-order chi connectivity index (χ1) is 19.7. The van der Waals surface area contributed by atoms with Gasteiger partial charge < -0.3 is 34.7 Å². The smallest absolute Gasteiger partial charge is 0.368 e. The molecule has 0 spiro atoms. The fourth-order valence-electron chi connectivity index (χ4n) is 4.80. The van der Waals surface area contributed by atoms with Crippen LogP contribution in [0.4, 0.5) is 14.6 Å². The first-order valence-electron chi connectivity index (χ1n) is 12.6. The van der Waals surface area contributed by atoms with Crippen LogP contribution in [0, 0.1) is 11.6 Å². The first-order valence-corrected chi connectivity index (χ1v) is 12.6. The number of halogens is 2. The summed E-state index contributed by atoms with van der Waals surface area (Å²) < 4.78 is 49.3. The van der Waals surface area contributed by atoms with Crippen LogP contribution in [0.3, 0.4) is 0 Å². The third-order valence-electron chi connectivity index (χ3n) is 6.74. The van der Waals surface area contributed by atoms with E-state index in [-0.39, 0.29) is 46.1 Å². The van der Waals surface area contributed by atoms with E-state index in [2.05, 4.69) is 20.1 Å². The Bertz CT molecular complexity index is 1730. The van der Waals surface area contributed by atoms with Crippen LogP contribution in [-0.2, 0) is 17.8 Å². The molecule has 6 rings (SSSR count). The number of ether oxygens (including phenoxy) is 3. The summed E-state index contributed by atoms with van der Waals surface area (Å²) in [7, 11) is 1.53. The fourth-order valence-corrected chi connectivity index (χ4v) is 4.80. The maximum Gasteiger partial charge on any atom is 0.368 e. The van der Waals surface area contributed by atoms with Crippen LogP contribution in [0.5, 0.6) is 17.2 Å². The molecule has 1 saturated heterocycles. The maximum atomic E-state index is 15.5. The number of hydrogen-bond donors (Lipinski definition) is 3. The van der Waals surface area contributed by atoms with E-state index in [1.807, 2.05) is 0 Å². The van der Waals surface area contributed by atoms with Crippen molar-refractivity contribution >= 4 is 16.9 Å². The van der Waals surface area contributed by atoms with Crippen molar-refractivity contribution < 1.29 is 33.2 Å². The van der Waals surface area contributed by atoms with Crippen molar-refractivity contribution in [2.24, 2.45) is 7.05 Å². The lowest BCUT2D eigenvalue weighted by molar-refractivity contribution is -0.307. The minimum absolute atomic E-state index is 0.0128. The van der Waals surface area contributed by atoms with Gasteiger partial charge in [0, 0.05) is 50.1 Å². The zero-order chi connectivity index (χ0) is 28.7. The van der Waals surface area contributed by atoms with Crippen LogP contribution >= 0.6 is 0 Å². The van der Waals surface area contributed by atoms with Gasteiger partial charge in [0.1, 0.15) is 52.4 Å². The van der Waals surface area contributed by atoms with Crippen LogP contribution in [-0.4, -0.2) is 52.7 Å². The summed E-state index contributed by atoms with van der Waals surface area (Å²) in [5, 5.41) is 25.8. The van der Waals surface area contributed by atoms with Crippen LogP contribution in [0.25, 0.3) is 22.3 Å². The predicted octanol–water partition coefficient (Wildman–Crippen LogP) is 3.40. The van der Waals surface area contributed by atoms with Crippen molar-refractivity contribution in [2.45, 2.75) is 24.9 Å². The molecule has 0 bridgehead atoms. The molecule has 14 heteroatoms. The highest BCUT2D eigenvalue weighted by Crippen LogP contribution is 2.37. The van der Waals surface area contributed by atoms with Crippen molar-refractivity contribution in [3.63, 3.8) is 0 Å². The molecular weight excluding hydrogens is 540 g/mol. The average molecular weight is 566 g/mol. The molecule has 1 fully saturated rings. The van der Waals surface area contributed by atoms with E-state index in [9.17, 15) is 14.6 Å². The van der Waals surface area contributed by atoms with Gasteiger partial charge in [0.05, 0.1) is 24.0 Å². The molecule has 0 atom stereocenters. The van der Waals surface area contributed by atoms with Crippen molar-refractivity contribution in [3.8, 4) is 28.5 Å². The number of benzene rings is 2. The van der Waals surface area contributed by atoms with Crippen LogP contribution in [0.2, 0.25) is 0 Å². The van der Waals surface area contributed by atoms with E-state index in [1.54, 1.807) is 4.68 Å². The molecule has 0 saturated carbocycles. The Morgan fingerprint density at radius 1 is 1.05 bits per heavy atom. The van der Waals surface area contributed by atoms with Gasteiger partial charge in [0.25, 0.3) is 0 Å². The Morgan fingerprint density at radius 3 is 2.56 bits per heavy atom. The lowest BCUT2D eigenvalue weighted by Gasteiger charge is -2.23. The Balaban J connectivity index is 1.29. The number of nitrogens with two attached hydrogens (primary N) is 1. The van der Waals surface area contributed by atoms with Crippen LogP contribution in [0.1, 0.15) is 24.6 Å². The molecule has 4 N–H and O–H groups in total. The zero-order valence-electron chi connectivity index (χ0n) is 21.7. The zero-order valence-corrected chi connectivity index (χ0v) is 21.7. The lowest BCUT2D eigenvalue weighted by atomic mass is 10.1. The first kappa shape index (κ1) is 26.6. The number of nitrogens with zero attached hydrogens (tertiary/aromatic N) is 6. The molecule has 0 amide bonds. The Morgan fingerprint density at radius 2 is 1.83 bits per heavy atom. The Hall–Kier alpha value is -4.66.